The van der Waals surface area contributed by atoms with E-state index in [9.17, 15) is 0 Å². The van der Waals surface area contributed by atoms with Crippen LogP contribution in [0.15, 0.2) is 76.9 Å². The number of allylic oxidation sites excluding steroid dienone is 9. The SMILES string of the molecule is CC(C)(C)CC1CCC2CC3CCCC3CC21.CC1C(C)C(C)C(C)C1C.CC1C(C)C(C)C(C)C1C.CC1C(C)C(C)C(C)C1C.CC1C(C)C(C)C(C)C1C.CC1CCC2C=C3C(=CC12)C(C)(C)CCC3(C)C.CC1CCC2C=C3CC(C)(C)CC3=CC12.C[Si](C)(C)CC1CCC2C=Cc3ccccc3C21.[CH3-].[CH3-].[CH3-].[CH3-].[CH3-].[CH3-].[CH3-].[CH3-].[CH3-].[CH3-].[CH3-].[CH3-].[CH3-].[CH3-].[CH3-].[CH3-].[Hf+4].[Hf+4].[Hf+4].[Zr+4]. The third-order valence-electron chi connectivity index (χ3n) is 37.8. The molecule has 0 saturated heterocycles. The van der Waals surface area contributed by atoms with Gasteiger partial charge in [-0.2, -0.15) is 0 Å². The summed E-state index contributed by atoms with van der Waals surface area (Å²) in [6.45, 7) is 82.3. The Balaban J connectivity index is -0.000000119. The van der Waals surface area contributed by atoms with Gasteiger partial charge in [0, 0.05) is 8.07 Å². The molecule has 12 fully saturated rings. The standard InChI is InChI=1S/C18H28.C17H24Si.C17H30.C15H22.4C10H20.16CH3.3Hf.Zr/c1-12-6-7-13-10-15-16(11-14(12)13)18(4,5)9-8-17(15,2)3;1-18(2,3)12-15-11-10-14-9-8-13-6-4-5-7-16(13)17(14)15;1-17(2,3)11-15-8-7-14-9-12-5-4-6-13(12)10-16(14)15;1-10-4-5-11-6-12-8-15(2,3)9-13(12)7-14(10)11;4*1-6-7(2)9(4)10(5)8(6)3;;;;;;;;;;;;;;;;;;;;/h10-14H,6-9H2,1-5H3;4-9,14-15,17H,10-12H2,1-3H3;12-16H,4-11H2,1-3H3;6-7,10-11,14H,4-5,8-9H2,1-3H3;4*6-10H,1-5H3;16*1H3;;;;/q;;;;;;;;16*-1;4*+4. The minimum atomic E-state index is -0.944. The largest absolute Gasteiger partial charge is 4.00 e. The molecule has 0 spiro atoms. The van der Waals surface area contributed by atoms with Crippen molar-refractivity contribution in [2.75, 3.05) is 0 Å². The molecule has 12 saturated carbocycles. The van der Waals surface area contributed by atoms with Gasteiger partial charge in [-0.1, -0.05) is 320 Å². The van der Waals surface area contributed by atoms with Crippen LogP contribution in [0.4, 0.5) is 0 Å². The fraction of sp³-hybridized carbons (Fsp3) is 0.740. The topological polar surface area (TPSA) is 0 Å². The Morgan fingerprint density at radius 2 is 0.656 bits per heavy atom. The minimum Gasteiger partial charge on any atom is -0.358 e. The Bertz CT molecular complexity index is 2900. The second kappa shape index (κ2) is 64.2. The molecule has 0 N–H and O–H groups in total. The minimum absolute atomic E-state index is 0. The first kappa shape index (κ1) is 155. The second-order valence-corrected chi connectivity index (χ2v) is 53.4. The van der Waals surface area contributed by atoms with Crippen LogP contribution in [-0.4, -0.2) is 8.07 Å². The predicted octanol–water partition coefficient (Wildman–Crippen LogP) is 40.0. The van der Waals surface area contributed by atoms with Gasteiger partial charge >= 0.3 is 104 Å². The van der Waals surface area contributed by atoms with Gasteiger partial charge < -0.3 is 119 Å². The van der Waals surface area contributed by atoms with E-state index < -0.39 is 8.07 Å². The van der Waals surface area contributed by atoms with Crippen molar-refractivity contribution in [1.82, 2.24) is 0 Å². The summed E-state index contributed by atoms with van der Waals surface area (Å²) in [4.78, 5) is 0. The van der Waals surface area contributed by atoms with E-state index in [4.69, 9.17) is 0 Å². The van der Waals surface area contributed by atoms with Gasteiger partial charge in [0.05, 0.1) is 0 Å². The van der Waals surface area contributed by atoms with Crippen LogP contribution in [-0.2, 0) is 104 Å². The number of hydrogen-bond acceptors (Lipinski definition) is 0. The van der Waals surface area contributed by atoms with Gasteiger partial charge in [-0.25, -0.2) is 0 Å². The number of rotatable bonds is 3. The van der Waals surface area contributed by atoms with Crippen molar-refractivity contribution in [2.24, 2.45) is 217 Å². The van der Waals surface area contributed by atoms with Crippen LogP contribution in [0, 0.1) is 336 Å². The molecule has 0 nitrogen and oxygen atoms in total. The average Bonchev–Trinajstić information content (AvgIpc) is 1.26. The summed E-state index contributed by atoms with van der Waals surface area (Å²) >= 11 is 0. The van der Waals surface area contributed by atoms with Crippen molar-refractivity contribution in [3.05, 3.63) is 207 Å². The van der Waals surface area contributed by atoms with Crippen molar-refractivity contribution in [1.29, 1.82) is 0 Å². The molecular formula is C123H232Hf3SiZr. The van der Waals surface area contributed by atoms with E-state index in [2.05, 4.69) is 295 Å². The Kier molecular flexibility index (Phi) is 77.8. The maximum absolute atomic E-state index is 2.68. The number of hydrogen-bond donors (Lipinski definition) is 0. The van der Waals surface area contributed by atoms with E-state index in [1.54, 1.807) is 72.8 Å². The third-order valence-corrected chi connectivity index (χ3v) is 39.6. The number of benzene rings is 1. The van der Waals surface area contributed by atoms with Gasteiger partial charge in [-0.05, 0) is 353 Å². The van der Waals surface area contributed by atoms with E-state index in [0.717, 1.165) is 201 Å². The Labute approximate surface area is 894 Å². The Morgan fingerprint density at radius 3 is 1.02 bits per heavy atom. The molecule has 1 aromatic carbocycles. The Hall–Kier alpha value is 1.63. The molecule has 15 aliphatic rings. The van der Waals surface area contributed by atoms with Gasteiger partial charge in [0.15, 0.2) is 0 Å². The summed E-state index contributed by atoms with van der Waals surface area (Å²) in [6, 6.07) is 10.5. The summed E-state index contributed by atoms with van der Waals surface area (Å²) in [7, 11) is -0.944. The molecule has 0 amide bonds. The molecule has 0 heterocycles. The van der Waals surface area contributed by atoms with Crippen LogP contribution in [0.3, 0.4) is 0 Å². The summed E-state index contributed by atoms with van der Waals surface area (Å²) in [5.74, 6) is 32.1. The summed E-state index contributed by atoms with van der Waals surface area (Å²) in [5.41, 5.74) is 11.7. The van der Waals surface area contributed by atoms with Crippen molar-refractivity contribution in [2.45, 2.75) is 362 Å². The Morgan fingerprint density at radius 1 is 0.344 bits per heavy atom. The van der Waals surface area contributed by atoms with Crippen molar-refractivity contribution >= 4 is 14.1 Å². The van der Waals surface area contributed by atoms with Gasteiger partial charge in [0.25, 0.3) is 0 Å². The van der Waals surface area contributed by atoms with Crippen LogP contribution in [0.2, 0.25) is 25.7 Å². The number of fused-ring (bicyclic) bond motifs is 9. The van der Waals surface area contributed by atoms with Crippen LogP contribution in [0.25, 0.3) is 6.08 Å². The summed E-state index contributed by atoms with van der Waals surface area (Å²) in [6.07, 6.45) is 41.8. The maximum Gasteiger partial charge on any atom is 4.00 e. The molecule has 0 aromatic heterocycles. The maximum atomic E-state index is 2.68. The monoisotopic (exact) mass is 2370 g/mol. The zero-order valence-electron chi connectivity index (χ0n) is 96.3. The first-order chi connectivity index (χ1) is 50.1. The molecular weight excluding hydrogens is 2130 g/mol. The van der Waals surface area contributed by atoms with E-state index in [-0.39, 0.29) is 223 Å². The molecule has 15 aliphatic carbocycles. The van der Waals surface area contributed by atoms with E-state index in [1.807, 2.05) is 0 Å². The molecule has 0 bridgehead atoms. The average molecular weight is 2370 g/mol. The van der Waals surface area contributed by atoms with Crippen LogP contribution in [0.1, 0.15) is 347 Å². The second-order valence-electron chi connectivity index (χ2n) is 47.8. The van der Waals surface area contributed by atoms with Crippen LogP contribution < -0.4 is 0 Å². The van der Waals surface area contributed by atoms with E-state index >= 15 is 0 Å². The van der Waals surface area contributed by atoms with Crippen molar-refractivity contribution in [3.8, 4) is 0 Å². The first-order valence-electron chi connectivity index (χ1n) is 47.8. The van der Waals surface area contributed by atoms with E-state index in [1.165, 1.54) is 82.2 Å². The molecule has 1 aromatic rings. The summed E-state index contributed by atoms with van der Waals surface area (Å²) < 4.78 is 0. The fourth-order valence-corrected chi connectivity index (χ4v) is 29.4. The first-order valence-corrected chi connectivity index (χ1v) is 51.5. The molecule has 744 valence electrons. The quantitative estimate of drug-likeness (QED) is 0.209. The molecule has 16 rings (SSSR count). The zero-order chi connectivity index (χ0) is 80.1. The fourth-order valence-electron chi connectivity index (χ4n) is 27.3. The van der Waals surface area contributed by atoms with Crippen molar-refractivity contribution in [3.63, 3.8) is 0 Å². The van der Waals surface area contributed by atoms with Gasteiger partial charge in [-0.3, -0.25) is 0 Å². The van der Waals surface area contributed by atoms with Crippen molar-refractivity contribution < 1.29 is 104 Å². The molecule has 128 heavy (non-hydrogen) atoms. The summed E-state index contributed by atoms with van der Waals surface area (Å²) in [5, 5.41) is 0. The molecule has 14 unspecified atom stereocenters. The smallest absolute Gasteiger partial charge is 0.358 e. The molecule has 5 heteroatoms. The van der Waals surface area contributed by atoms with Crippen LogP contribution in [0.5, 0.6) is 0 Å². The third kappa shape index (κ3) is 37.2. The van der Waals surface area contributed by atoms with E-state index in [0.29, 0.717) is 21.7 Å². The molecule has 14 atom stereocenters. The molecule has 0 aliphatic heterocycles. The van der Waals surface area contributed by atoms with Gasteiger partial charge in [0.1, 0.15) is 0 Å². The van der Waals surface area contributed by atoms with Gasteiger partial charge in [-0.15, -0.1) is 0 Å². The normalized spacial score (nSPS) is 38.3. The van der Waals surface area contributed by atoms with Crippen LogP contribution >= 0.6 is 0 Å². The molecule has 0 radical (unpaired) electrons. The zero-order valence-corrected chi connectivity index (χ0v) is 111. The van der Waals surface area contributed by atoms with Gasteiger partial charge in [0.2, 0.25) is 0 Å². The predicted molar refractivity (Wildman–Crippen MR) is 585 cm³/mol.